The van der Waals surface area contributed by atoms with Crippen LogP contribution in [0.3, 0.4) is 0 Å². The minimum Gasteiger partial charge on any atom is -0.376 e. The zero-order valence-corrected chi connectivity index (χ0v) is 12.1. The molecular formula is C17H21NO2. The summed E-state index contributed by atoms with van der Waals surface area (Å²) in [5, 5.41) is 1.13. The molecule has 0 N–H and O–H groups in total. The number of hydrogen-bond donors (Lipinski definition) is 0. The van der Waals surface area contributed by atoms with Gasteiger partial charge in [0.25, 0.3) is 5.56 Å². The lowest BCUT2D eigenvalue weighted by Crippen LogP contribution is -2.26. The fourth-order valence-electron chi connectivity index (χ4n) is 2.86. The van der Waals surface area contributed by atoms with Gasteiger partial charge in [-0.3, -0.25) is 4.79 Å². The molecule has 3 heteroatoms. The van der Waals surface area contributed by atoms with E-state index < -0.39 is 0 Å². The van der Waals surface area contributed by atoms with Crippen LogP contribution in [0.5, 0.6) is 0 Å². The second-order valence-electron chi connectivity index (χ2n) is 5.89. The van der Waals surface area contributed by atoms with Crippen molar-refractivity contribution in [1.29, 1.82) is 0 Å². The quantitative estimate of drug-likeness (QED) is 0.857. The molecule has 2 heterocycles. The van der Waals surface area contributed by atoms with Crippen molar-refractivity contribution >= 4 is 10.9 Å². The van der Waals surface area contributed by atoms with E-state index in [0.29, 0.717) is 12.5 Å². The number of ether oxygens (including phenoxy) is 1. The van der Waals surface area contributed by atoms with Crippen LogP contribution in [0.4, 0.5) is 0 Å². The first-order valence-corrected chi connectivity index (χ1v) is 7.40. The first kappa shape index (κ1) is 13.4. The van der Waals surface area contributed by atoms with Crippen LogP contribution in [-0.2, 0) is 11.3 Å². The summed E-state index contributed by atoms with van der Waals surface area (Å²) < 4.78 is 7.52. The number of nitrogens with zero attached hydrogens (tertiary/aromatic N) is 1. The van der Waals surface area contributed by atoms with Crippen LogP contribution in [0.2, 0.25) is 0 Å². The summed E-state index contributed by atoms with van der Waals surface area (Å²) in [6.45, 7) is 5.85. The third kappa shape index (κ3) is 2.50. The van der Waals surface area contributed by atoms with E-state index in [2.05, 4.69) is 32.0 Å². The molecule has 3 rings (SSSR count). The Morgan fingerprint density at radius 2 is 2.15 bits per heavy atom. The van der Waals surface area contributed by atoms with E-state index in [0.717, 1.165) is 30.4 Å². The Morgan fingerprint density at radius 3 is 2.85 bits per heavy atom. The van der Waals surface area contributed by atoms with Crippen LogP contribution < -0.4 is 5.56 Å². The molecule has 0 bridgehead atoms. The maximum Gasteiger partial charge on any atom is 0.251 e. The van der Waals surface area contributed by atoms with Gasteiger partial charge in [-0.05, 0) is 47.9 Å². The van der Waals surface area contributed by atoms with Crippen LogP contribution in [0.1, 0.15) is 38.2 Å². The summed E-state index contributed by atoms with van der Waals surface area (Å²) >= 11 is 0. The maximum absolute atomic E-state index is 12.1. The van der Waals surface area contributed by atoms with Crippen molar-refractivity contribution in [3.05, 3.63) is 46.2 Å². The molecule has 0 spiro atoms. The maximum atomic E-state index is 12.1. The summed E-state index contributed by atoms with van der Waals surface area (Å²) in [7, 11) is 0. The second kappa shape index (κ2) is 5.41. The van der Waals surface area contributed by atoms with Gasteiger partial charge < -0.3 is 9.30 Å². The normalized spacial score (nSPS) is 19.1. The van der Waals surface area contributed by atoms with E-state index >= 15 is 0 Å². The Morgan fingerprint density at radius 1 is 1.30 bits per heavy atom. The molecule has 1 atom stereocenters. The zero-order valence-electron chi connectivity index (χ0n) is 12.1. The molecule has 1 saturated heterocycles. The van der Waals surface area contributed by atoms with Crippen molar-refractivity contribution in [3.63, 3.8) is 0 Å². The Labute approximate surface area is 119 Å². The number of fused-ring (bicyclic) bond motifs is 1. The van der Waals surface area contributed by atoms with E-state index in [-0.39, 0.29) is 11.7 Å². The highest BCUT2D eigenvalue weighted by Crippen LogP contribution is 2.21. The Hall–Kier alpha value is -1.61. The van der Waals surface area contributed by atoms with Gasteiger partial charge in [0.15, 0.2) is 0 Å². The Bertz CT molecular complexity index is 666. The standard InChI is InChI=1S/C17H21NO2/c1-12(2)13-5-7-16-14(10-13)6-8-17(19)18(16)11-15-4-3-9-20-15/h5-8,10,12,15H,3-4,9,11H2,1-2H3. The first-order valence-electron chi connectivity index (χ1n) is 7.40. The van der Waals surface area contributed by atoms with Crippen molar-refractivity contribution in [2.24, 2.45) is 0 Å². The van der Waals surface area contributed by atoms with Crippen LogP contribution in [0, 0.1) is 0 Å². The molecular weight excluding hydrogens is 250 g/mol. The average molecular weight is 271 g/mol. The predicted octanol–water partition coefficient (Wildman–Crippen LogP) is 3.30. The second-order valence-corrected chi connectivity index (χ2v) is 5.89. The monoisotopic (exact) mass is 271 g/mol. The molecule has 2 aromatic rings. The van der Waals surface area contributed by atoms with Crippen LogP contribution in [0.25, 0.3) is 10.9 Å². The highest BCUT2D eigenvalue weighted by Gasteiger charge is 2.17. The molecule has 0 radical (unpaired) electrons. The van der Waals surface area contributed by atoms with Crippen LogP contribution in [-0.4, -0.2) is 17.3 Å². The lowest BCUT2D eigenvalue weighted by molar-refractivity contribution is 0.0972. The largest absolute Gasteiger partial charge is 0.376 e. The summed E-state index contributed by atoms with van der Waals surface area (Å²) in [5.74, 6) is 0.498. The van der Waals surface area contributed by atoms with E-state index in [1.165, 1.54) is 5.56 Å². The molecule has 1 unspecified atom stereocenters. The van der Waals surface area contributed by atoms with E-state index in [1.54, 1.807) is 6.07 Å². The van der Waals surface area contributed by atoms with Gasteiger partial charge >= 0.3 is 0 Å². The van der Waals surface area contributed by atoms with Crippen LogP contribution >= 0.6 is 0 Å². The van der Waals surface area contributed by atoms with Crippen molar-refractivity contribution < 1.29 is 4.74 Å². The highest BCUT2D eigenvalue weighted by atomic mass is 16.5. The lowest BCUT2D eigenvalue weighted by atomic mass is 10.0. The van der Waals surface area contributed by atoms with Crippen molar-refractivity contribution in [1.82, 2.24) is 4.57 Å². The van der Waals surface area contributed by atoms with Gasteiger partial charge in [0.2, 0.25) is 0 Å². The number of hydrogen-bond acceptors (Lipinski definition) is 2. The van der Waals surface area contributed by atoms with E-state index in [4.69, 9.17) is 4.74 Å². The van der Waals surface area contributed by atoms with Gasteiger partial charge in [-0.15, -0.1) is 0 Å². The van der Waals surface area contributed by atoms with Crippen molar-refractivity contribution in [2.75, 3.05) is 6.61 Å². The topological polar surface area (TPSA) is 31.2 Å². The van der Waals surface area contributed by atoms with Gasteiger partial charge in [-0.25, -0.2) is 0 Å². The molecule has 3 nitrogen and oxygen atoms in total. The van der Waals surface area contributed by atoms with Crippen LogP contribution in [0.15, 0.2) is 35.1 Å². The minimum absolute atomic E-state index is 0.0605. The molecule has 0 aliphatic carbocycles. The first-order chi connectivity index (χ1) is 9.65. The molecule has 1 aromatic carbocycles. The highest BCUT2D eigenvalue weighted by molar-refractivity contribution is 5.79. The molecule has 20 heavy (non-hydrogen) atoms. The molecule has 1 fully saturated rings. The molecule has 0 saturated carbocycles. The molecule has 106 valence electrons. The number of benzene rings is 1. The van der Waals surface area contributed by atoms with E-state index in [1.807, 2.05) is 10.6 Å². The third-order valence-corrected chi connectivity index (χ3v) is 4.09. The minimum atomic E-state index is 0.0605. The fraction of sp³-hybridized carbons (Fsp3) is 0.471. The predicted molar refractivity (Wildman–Crippen MR) is 81.3 cm³/mol. The number of pyridine rings is 1. The third-order valence-electron chi connectivity index (χ3n) is 4.09. The van der Waals surface area contributed by atoms with Gasteiger partial charge in [0.1, 0.15) is 0 Å². The summed E-state index contributed by atoms with van der Waals surface area (Å²) in [6.07, 6.45) is 2.33. The lowest BCUT2D eigenvalue weighted by Gasteiger charge is -2.15. The average Bonchev–Trinajstić information content (AvgIpc) is 2.94. The zero-order chi connectivity index (χ0) is 14.1. The Kier molecular flexibility index (Phi) is 3.62. The molecule has 1 aromatic heterocycles. The van der Waals surface area contributed by atoms with E-state index in [9.17, 15) is 4.79 Å². The number of aromatic nitrogens is 1. The summed E-state index contributed by atoms with van der Waals surface area (Å²) in [5.41, 5.74) is 2.38. The molecule has 0 amide bonds. The van der Waals surface area contributed by atoms with Crippen molar-refractivity contribution in [3.8, 4) is 0 Å². The van der Waals surface area contributed by atoms with Crippen molar-refractivity contribution in [2.45, 2.75) is 45.3 Å². The fourth-order valence-corrected chi connectivity index (χ4v) is 2.86. The van der Waals surface area contributed by atoms with Gasteiger partial charge in [0.05, 0.1) is 18.2 Å². The summed E-state index contributed by atoms with van der Waals surface area (Å²) in [4.78, 5) is 12.1. The molecule has 1 aliphatic rings. The Balaban J connectivity index is 2.05. The summed E-state index contributed by atoms with van der Waals surface area (Å²) in [6, 6.07) is 9.97. The van der Waals surface area contributed by atoms with Gasteiger partial charge in [-0.1, -0.05) is 19.9 Å². The number of rotatable bonds is 3. The SMILES string of the molecule is CC(C)c1ccc2c(ccc(=O)n2CC2CCCO2)c1. The van der Waals surface area contributed by atoms with Gasteiger partial charge in [-0.2, -0.15) is 0 Å². The smallest absolute Gasteiger partial charge is 0.251 e. The van der Waals surface area contributed by atoms with Gasteiger partial charge in [0, 0.05) is 12.7 Å². The molecule has 1 aliphatic heterocycles.